The van der Waals surface area contributed by atoms with Gasteiger partial charge in [0.2, 0.25) is 5.88 Å². The summed E-state index contributed by atoms with van der Waals surface area (Å²) >= 11 is 5.66. The van der Waals surface area contributed by atoms with Gasteiger partial charge in [0, 0.05) is 18.0 Å². The highest BCUT2D eigenvalue weighted by Gasteiger charge is 2.09. The quantitative estimate of drug-likeness (QED) is 0.785. The summed E-state index contributed by atoms with van der Waals surface area (Å²) in [6.45, 7) is 0.302. The van der Waals surface area contributed by atoms with Crippen LogP contribution in [0.25, 0.3) is 10.8 Å². The Kier molecular flexibility index (Phi) is 3.73. The minimum absolute atomic E-state index is 0.0517. The van der Waals surface area contributed by atoms with Crippen molar-refractivity contribution in [1.29, 1.82) is 0 Å². The molecule has 0 aliphatic heterocycles. The molecule has 0 amide bonds. The molecule has 1 heterocycles. The van der Waals surface area contributed by atoms with Gasteiger partial charge in [-0.2, -0.15) is 0 Å². The number of nitrogens with two attached hydrogens (primary N) is 1. The van der Waals surface area contributed by atoms with Gasteiger partial charge in [-0.1, -0.05) is 29.8 Å². The van der Waals surface area contributed by atoms with Gasteiger partial charge >= 0.3 is 0 Å². The summed E-state index contributed by atoms with van der Waals surface area (Å²) in [5, 5.41) is 1.86. The van der Waals surface area contributed by atoms with Crippen LogP contribution in [0.2, 0.25) is 5.02 Å². The first-order chi connectivity index (χ1) is 10.2. The van der Waals surface area contributed by atoms with E-state index in [0.29, 0.717) is 23.9 Å². The second-order valence-corrected chi connectivity index (χ2v) is 4.93. The van der Waals surface area contributed by atoms with Crippen LogP contribution in [0.3, 0.4) is 0 Å². The lowest BCUT2D eigenvalue weighted by Gasteiger charge is -2.10. The van der Waals surface area contributed by atoms with E-state index in [2.05, 4.69) is 4.98 Å². The second-order valence-electron chi connectivity index (χ2n) is 4.52. The summed E-state index contributed by atoms with van der Waals surface area (Å²) in [5.41, 5.74) is 6.36. The highest BCUT2D eigenvalue weighted by atomic mass is 35.5. The van der Waals surface area contributed by atoms with Crippen molar-refractivity contribution in [2.45, 2.75) is 6.54 Å². The van der Waals surface area contributed by atoms with Crippen molar-refractivity contribution in [2.75, 3.05) is 0 Å². The van der Waals surface area contributed by atoms with Gasteiger partial charge in [0.15, 0.2) is 0 Å². The largest absolute Gasteiger partial charge is 0.438 e. The first-order valence-corrected chi connectivity index (χ1v) is 6.77. The number of benzene rings is 2. The number of fused-ring (bicyclic) bond motifs is 1. The molecule has 0 spiro atoms. The van der Waals surface area contributed by atoms with E-state index in [1.807, 2.05) is 30.3 Å². The predicted octanol–water partition coefficient (Wildman–Crippen LogP) is 4.28. The number of pyridine rings is 1. The van der Waals surface area contributed by atoms with Crippen LogP contribution in [0.4, 0.5) is 4.39 Å². The average molecular weight is 303 g/mol. The molecule has 3 nitrogen and oxygen atoms in total. The van der Waals surface area contributed by atoms with Crippen LogP contribution in [-0.2, 0) is 6.54 Å². The molecule has 106 valence electrons. The van der Waals surface area contributed by atoms with Crippen LogP contribution in [0.15, 0.2) is 48.5 Å². The van der Waals surface area contributed by atoms with E-state index in [1.165, 1.54) is 12.1 Å². The molecule has 0 saturated heterocycles. The van der Waals surface area contributed by atoms with Crippen molar-refractivity contribution in [3.8, 4) is 11.6 Å². The molecule has 0 fully saturated rings. The van der Waals surface area contributed by atoms with Crippen LogP contribution in [0.5, 0.6) is 11.6 Å². The maximum Gasteiger partial charge on any atom is 0.227 e. The van der Waals surface area contributed by atoms with E-state index in [-0.39, 0.29) is 5.02 Å². The number of rotatable bonds is 3. The summed E-state index contributed by atoms with van der Waals surface area (Å²) in [6.07, 6.45) is 0. The fourth-order valence-electron chi connectivity index (χ4n) is 2.05. The van der Waals surface area contributed by atoms with Gasteiger partial charge in [0.25, 0.3) is 0 Å². The molecule has 0 saturated carbocycles. The van der Waals surface area contributed by atoms with Gasteiger partial charge in [-0.25, -0.2) is 9.37 Å². The zero-order valence-electron chi connectivity index (χ0n) is 11.0. The predicted molar refractivity (Wildman–Crippen MR) is 81.1 cm³/mol. The van der Waals surface area contributed by atoms with E-state index in [4.69, 9.17) is 22.1 Å². The Hall–Kier alpha value is -2.17. The Balaban J connectivity index is 2.08. The lowest BCUT2D eigenvalue weighted by molar-refractivity contribution is 0.462. The zero-order chi connectivity index (χ0) is 14.8. The third-order valence-electron chi connectivity index (χ3n) is 3.07. The molecule has 3 aromatic rings. The Morgan fingerprint density at radius 1 is 1.14 bits per heavy atom. The number of nitrogens with zero attached hydrogens (tertiary/aromatic N) is 1. The van der Waals surface area contributed by atoms with Crippen molar-refractivity contribution in [2.24, 2.45) is 5.73 Å². The van der Waals surface area contributed by atoms with Gasteiger partial charge in [-0.15, -0.1) is 0 Å². The number of ether oxygens (including phenoxy) is 1. The van der Waals surface area contributed by atoms with Crippen LogP contribution in [-0.4, -0.2) is 4.98 Å². The Bertz CT molecular complexity index is 807. The first-order valence-electron chi connectivity index (χ1n) is 6.39. The Labute approximate surface area is 126 Å². The topological polar surface area (TPSA) is 48.1 Å². The third-order valence-corrected chi connectivity index (χ3v) is 3.38. The minimum Gasteiger partial charge on any atom is -0.438 e. The molecule has 21 heavy (non-hydrogen) atoms. The van der Waals surface area contributed by atoms with Gasteiger partial charge in [-0.3, -0.25) is 0 Å². The molecular weight excluding hydrogens is 291 g/mol. The highest BCUT2D eigenvalue weighted by molar-refractivity contribution is 6.30. The van der Waals surface area contributed by atoms with Crippen molar-refractivity contribution in [3.05, 3.63) is 65.1 Å². The molecule has 0 unspecified atom stereocenters. The molecule has 5 heteroatoms. The first kappa shape index (κ1) is 13.8. The summed E-state index contributed by atoms with van der Waals surface area (Å²) in [6, 6.07) is 13.8. The number of hydrogen-bond donors (Lipinski definition) is 1. The summed E-state index contributed by atoms with van der Waals surface area (Å²) in [7, 11) is 0. The maximum atomic E-state index is 13.5. The Morgan fingerprint density at radius 3 is 2.71 bits per heavy atom. The second kappa shape index (κ2) is 5.68. The molecule has 0 bridgehead atoms. The van der Waals surface area contributed by atoms with Gasteiger partial charge < -0.3 is 10.5 Å². The molecular formula is C16H12ClFN2O. The van der Waals surface area contributed by atoms with Crippen molar-refractivity contribution in [1.82, 2.24) is 4.98 Å². The highest BCUT2D eigenvalue weighted by Crippen LogP contribution is 2.30. The van der Waals surface area contributed by atoms with Crippen molar-refractivity contribution in [3.63, 3.8) is 0 Å². The van der Waals surface area contributed by atoms with Gasteiger partial charge in [0.05, 0.1) is 10.7 Å². The summed E-state index contributed by atoms with van der Waals surface area (Å²) in [4.78, 5) is 4.36. The lowest BCUT2D eigenvalue weighted by Crippen LogP contribution is -2.01. The van der Waals surface area contributed by atoms with Gasteiger partial charge in [-0.05, 0) is 29.7 Å². The number of aromatic nitrogens is 1. The monoisotopic (exact) mass is 302 g/mol. The molecule has 0 atom stereocenters. The SMILES string of the molecule is NCc1cc2ccccc2c(Oc2ccc(Cl)c(F)c2)n1. The van der Waals surface area contributed by atoms with Crippen LogP contribution in [0, 0.1) is 5.82 Å². The Morgan fingerprint density at radius 2 is 1.95 bits per heavy atom. The van der Waals surface area contributed by atoms with Crippen LogP contribution < -0.4 is 10.5 Å². The van der Waals surface area contributed by atoms with Crippen LogP contribution >= 0.6 is 11.6 Å². The molecule has 2 N–H and O–H groups in total. The smallest absolute Gasteiger partial charge is 0.227 e. The van der Waals surface area contributed by atoms with Crippen molar-refractivity contribution >= 4 is 22.4 Å². The fraction of sp³-hybridized carbons (Fsp3) is 0.0625. The van der Waals surface area contributed by atoms with E-state index in [9.17, 15) is 4.39 Å². The van der Waals surface area contributed by atoms with Gasteiger partial charge in [0.1, 0.15) is 11.6 Å². The third kappa shape index (κ3) is 2.82. The van der Waals surface area contributed by atoms with Crippen LogP contribution in [0.1, 0.15) is 5.69 Å². The summed E-state index contributed by atoms with van der Waals surface area (Å²) in [5.74, 6) is 0.201. The minimum atomic E-state index is -0.534. The molecule has 0 aliphatic rings. The van der Waals surface area contributed by atoms with E-state index in [0.717, 1.165) is 10.8 Å². The molecule has 1 aromatic heterocycles. The standard InChI is InChI=1S/C16H12ClFN2O/c17-14-6-5-12(8-15(14)18)21-16-13-4-2-1-3-10(13)7-11(9-19)20-16/h1-8H,9,19H2. The van der Waals surface area contributed by atoms with E-state index in [1.54, 1.807) is 6.07 Å². The van der Waals surface area contributed by atoms with E-state index >= 15 is 0 Å². The lowest BCUT2D eigenvalue weighted by atomic mass is 10.1. The number of hydrogen-bond acceptors (Lipinski definition) is 3. The van der Waals surface area contributed by atoms with E-state index < -0.39 is 5.82 Å². The van der Waals surface area contributed by atoms with Crippen molar-refractivity contribution < 1.29 is 9.13 Å². The fourth-order valence-corrected chi connectivity index (χ4v) is 2.17. The summed E-state index contributed by atoms with van der Waals surface area (Å²) < 4.78 is 19.2. The molecule has 3 rings (SSSR count). The molecule has 0 radical (unpaired) electrons. The molecule has 0 aliphatic carbocycles. The maximum absolute atomic E-state index is 13.5. The molecule has 2 aromatic carbocycles. The number of halogens is 2. The average Bonchev–Trinajstić information content (AvgIpc) is 2.51. The normalized spacial score (nSPS) is 10.8. The zero-order valence-corrected chi connectivity index (χ0v) is 11.8.